The van der Waals surface area contributed by atoms with Crippen LogP contribution >= 0.6 is 0 Å². The molecule has 1 fully saturated rings. The molecule has 4 heteroatoms. The van der Waals surface area contributed by atoms with E-state index in [0.717, 1.165) is 36.6 Å². The molecule has 4 nitrogen and oxygen atoms in total. The normalized spacial score (nSPS) is 16.1. The fraction of sp³-hybridized carbons (Fsp3) is 0.333. The third kappa shape index (κ3) is 5.28. The summed E-state index contributed by atoms with van der Waals surface area (Å²) in [5.74, 6) is 1.89. The molecule has 1 N–H and O–H groups in total. The lowest BCUT2D eigenvalue weighted by molar-refractivity contribution is 0.183. The quantitative estimate of drug-likeness (QED) is 0.467. The zero-order valence-electron chi connectivity index (χ0n) is 19.9. The molecule has 3 aromatic rings. The van der Waals surface area contributed by atoms with Gasteiger partial charge in [0.25, 0.3) is 0 Å². The molecule has 0 aromatic heterocycles. The van der Waals surface area contributed by atoms with Crippen molar-refractivity contribution in [3.63, 3.8) is 0 Å². The van der Waals surface area contributed by atoms with Gasteiger partial charge in [0.1, 0.15) is 30.5 Å². The zero-order chi connectivity index (χ0) is 23.3. The SMILES string of the molecule is Cc1ccc(C2=C(Cc3ccc(OCCN4CCCCC4)cc3)c3ccc(O)cc3OC2)cc1. The smallest absolute Gasteiger partial charge is 0.131 e. The lowest BCUT2D eigenvalue weighted by Gasteiger charge is -2.26. The number of hydrogen-bond donors (Lipinski definition) is 1. The van der Waals surface area contributed by atoms with E-state index in [2.05, 4.69) is 60.4 Å². The van der Waals surface area contributed by atoms with Gasteiger partial charge in [-0.3, -0.25) is 4.90 Å². The molecule has 0 bridgehead atoms. The molecule has 3 aromatic carbocycles. The van der Waals surface area contributed by atoms with Gasteiger partial charge < -0.3 is 14.6 Å². The molecule has 0 amide bonds. The number of likely N-dealkylation sites (tertiary alicyclic amines) is 1. The van der Waals surface area contributed by atoms with Crippen molar-refractivity contribution < 1.29 is 14.6 Å². The van der Waals surface area contributed by atoms with Crippen LogP contribution in [0.1, 0.15) is 41.5 Å². The average molecular weight is 456 g/mol. The van der Waals surface area contributed by atoms with E-state index in [4.69, 9.17) is 9.47 Å². The number of phenolic OH excluding ortho intramolecular Hbond substituents is 1. The highest BCUT2D eigenvalue weighted by atomic mass is 16.5. The summed E-state index contributed by atoms with van der Waals surface area (Å²) in [6, 6.07) is 22.5. The van der Waals surface area contributed by atoms with Crippen LogP contribution in [-0.4, -0.2) is 42.9 Å². The number of fused-ring (bicyclic) bond motifs is 1. The predicted octanol–water partition coefficient (Wildman–Crippen LogP) is 6.11. The monoisotopic (exact) mass is 455 g/mol. The Hall–Kier alpha value is -3.24. The van der Waals surface area contributed by atoms with Crippen molar-refractivity contribution in [3.05, 3.63) is 89.0 Å². The molecular formula is C30H33NO3. The van der Waals surface area contributed by atoms with Gasteiger partial charge >= 0.3 is 0 Å². The zero-order valence-corrected chi connectivity index (χ0v) is 19.9. The Morgan fingerprint density at radius 3 is 2.44 bits per heavy atom. The van der Waals surface area contributed by atoms with E-state index < -0.39 is 0 Å². The van der Waals surface area contributed by atoms with Crippen LogP contribution in [0, 0.1) is 6.92 Å². The molecule has 0 atom stereocenters. The van der Waals surface area contributed by atoms with Gasteiger partial charge in [0.15, 0.2) is 0 Å². The molecular weight excluding hydrogens is 422 g/mol. The summed E-state index contributed by atoms with van der Waals surface area (Å²) in [6.45, 7) is 6.72. The Morgan fingerprint density at radius 1 is 0.912 bits per heavy atom. The molecule has 2 aliphatic rings. The molecule has 176 valence electrons. The lowest BCUT2D eigenvalue weighted by atomic mass is 9.88. The molecule has 0 unspecified atom stereocenters. The number of benzene rings is 3. The van der Waals surface area contributed by atoms with Crippen molar-refractivity contribution in [2.45, 2.75) is 32.6 Å². The summed E-state index contributed by atoms with van der Waals surface area (Å²) in [6.07, 6.45) is 4.77. The van der Waals surface area contributed by atoms with E-state index >= 15 is 0 Å². The molecule has 0 spiro atoms. The number of hydrogen-bond acceptors (Lipinski definition) is 4. The number of aromatic hydroxyl groups is 1. The van der Waals surface area contributed by atoms with Gasteiger partial charge in [-0.05, 0) is 80.2 Å². The summed E-state index contributed by atoms with van der Waals surface area (Å²) in [7, 11) is 0. The minimum Gasteiger partial charge on any atom is -0.508 e. The standard InChI is InChI=1S/C30H33NO3/c1-22-5-9-24(10-6-22)29-21-34-30-20-25(32)11-14-27(30)28(29)19-23-7-12-26(13-8-23)33-18-17-31-15-3-2-4-16-31/h5-14,20,32H,2-4,15-19,21H2,1H3. The highest BCUT2D eigenvalue weighted by molar-refractivity contribution is 5.95. The van der Waals surface area contributed by atoms with E-state index in [1.54, 1.807) is 12.1 Å². The van der Waals surface area contributed by atoms with Gasteiger partial charge in [-0.1, -0.05) is 48.4 Å². The van der Waals surface area contributed by atoms with Crippen molar-refractivity contribution in [3.8, 4) is 17.2 Å². The van der Waals surface area contributed by atoms with Gasteiger partial charge in [0.05, 0.1) is 0 Å². The maximum Gasteiger partial charge on any atom is 0.131 e. The van der Waals surface area contributed by atoms with Crippen molar-refractivity contribution >= 4 is 11.1 Å². The number of allylic oxidation sites excluding steroid dienone is 1. The van der Waals surface area contributed by atoms with Crippen LogP contribution in [0.4, 0.5) is 0 Å². The van der Waals surface area contributed by atoms with Crippen molar-refractivity contribution in [2.75, 3.05) is 32.8 Å². The summed E-state index contributed by atoms with van der Waals surface area (Å²) in [4.78, 5) is 2.50. The van der Waals surface area contributed by atoms with Crippen LogP contribution in [0.3, 0.4) is 0 Å². The first kappa shape index (κ1) is 22.5. The Bertz CT molecular complexity index is 1140. The molecule has 34 heavy (non-hydrogen) atoms. The van der Waals surface area contributed by atoms with Gasteiger partial charge in [0, 0.05) is 23.7 Å². The Labute approximate surface area is 202 Å². The molecule has 0 saturated carbocycles. The second kappa shape index (κ2) is 10.4. The van der Waals surface area contributed by atoms with E-state index in [0.29, 0.717) is 6.61 Å². The number of aryl methyl sites for hydroxylation is 1. The molecule has 5 rings (SSSR count). The number of piperidine rings is 1. The maximum atomic E-state index is 9.95. The molecule has 1 saturated heterocycles. The first-order chi connectivity index (χ1) is 16.7. The topological polar surface area (TPSA) is 41.9 Å². The van der Waals surface area contributed by atoms with E-state index in [1.807, 2.05) is 6.07 Å². The second-order valence-corrected chi connectivity index (χ2v) is 9.36. The maximum absolute atomic E-state index is 9.95. The van der Waals surface area contributed by atoms with Crippen LogP contribution in [0.25, 0.3) is 11.1 Å². The summed E-state index contributed by atoms with van der Waals surface area (Å²) < 4.78 is 12.1. The minimum atomic E-state index is 0.225. The Morgan fingerprint density at radius 2 is 1.68 bits per heavy atom. The van der Waals surface area contributed by atoms with Crippen molar-refractivity contribution in [2.24, 2.45) is 0 Å². The van der Waals surface area contributed by atoms with Crippen molar-refractivity contribution in [1.29, 1.82) is 0 Å². The summed E-state index contributed by atoms with van der Waals surface area (Å²) in [5.41, 5.74) is 7.12. The molecule has 2 heterocycles. The number of nitrogens with zero attached hydrogens (tertiary/aromatic N) is 1. The largest absolute Gasteiger partial charge is 0.508 e. The van der Waals surface area contributed by atoms with Gasteiger partial charge in [-0.2, -0.15) is 0 Å². The summed E-state index contributed by atoms with van der Waals surface area (Å²) >= 11 is 0. The van der Waals surface area contributed by atoms with E-state index in [-0.39, 0.29) is 5.75 Å². The number of ether oxygens (including phenoxy) is 2. The van der Waals surface area contributed by atoms with Crippen LogP contribution in [0.5, 0.6) is 17.2 Å². The Kier molecular flexibility index (Phi) is 6.87. The predicted molar refractivity (Wildman–Crippen MR) is 138 cm³/mol. The molecule has 0 aliphatic carbocycles. The van der Waals surface area contributed by atoms with Crippen LogP contribution in [-0.2, 0) is 6.42 Å². The Balaban J connectivity index is 1.34. The highest BCUT2D eigenvalue weighted by Crippen LogP contribution is 2.40. The van der Waals surface area contributed by atoms with E-state index in [9.17, 15) is 5.11 Å². The van der Waals surface area contributed by atoms with E-state index in [1.165, 1.54) is 60.2 Å². The third-order valence-electron chi connectivity index (χ3n) is 6.86. The molecule has 0 radical (unpaired) electrons. The number of phenols is 1. The summed E-state index contributed by atoms with van der Waals surface area (Å²) in [5, 5.41) is 9.95. The van der Waals surface area contributed by atoms with Gasteiger partial charge in [0.2, 0.25) is 0 Å². The fourth-order valence-electron chi connectivity index (χ4n) is 4.88. The molecule has 2 aliphatic heterocycles. The van der Waals surface area contributed by atoms with Crippen molar-refractivity contribution in [1.82, 2.24) is 4.90 Å². The highest BCUT2D eigenvalue weighted by Gasteiger charge is 2.22. The third-order valence-corrected chi connectivity index (χ3v) is 6.86. The van der Waals surface area contributed by atoms with Crippen LogP contribution in [0.2, 0.25) is 0 Å². The minimum absolute atomic E-state index is 0.225. The van der Waals surface area contributed by atoms with Crippen LogP contribution in [0.15, 0.2) is 66.7 Å². The first-order valence-electron chi connectivity index (χ1n) is 12.3. The lowest BCUT2D eigenvalue weighted by Crippen LogP contribution is -2.33. The fourth-order valence-corrected chi connectivity index (χ4v) is 4.88. The first-order valence-corrected chi connectivity index (χ1v) is 12.3. The van der Waals surface area contributed by atoms with Crippen LogP contribution < -0.4 is 9.47 Å². The average Bonchev–Trinajstić information content (AvgIpc) is 2.86. The number of rotatable bonds is 7. The second-order valence-electron chi connectivity index (χ2n) is 9.36. The van der Waals surface area contributed by atoms with Gasteiger partial charge in [-0.15, -0.1) is 0 Å². The van der Waals surface area contributed by atoms with Gasteiger partial charge in [-0.25, -0.2) is 0 Å².